The second-order valence-corrected chi connectivity index (χ2v) is 7.29. The molecular formula is C23H24ClNO4. The third-order valence-electron chi connectivity index (χ3n) is 4.90. The van der Waals surface area contributed by atoms with Crippen molar-refractivity contribution in [1.82, 2.24) is 4.90 Å². The Morgan fingerprint density at radius 2 is 1.86 bits per heavy atom. The highest BCUT2D eigenvalue weighted by molar-refractivity contribution is 6.46. The number of hydrogen-bond donors (Lipinski definition) is 1. The Kier molecular flexibility index (Phi) is 6.60. The van der Waals surface area contributed by atoms with Crippen molar-refractivity contribution in [3.63, 3.8) is 0 Å². The van der Waals surface area contributed by atoms with Crippen molar-refractivity contribution in [2.75, 3.05) is 13.2 Å². The summed E-state index contributed by atoms with van der Waals surface area (Å²) in [7, 11) is 0. The van der Waals surface area contributed by atoms with Crippen molar-refractivity contribution in [2.45, 2.75) is 32.7 Å². The zero-order valence-electron chi connectivity index (χ0n) is 16.5. The Morgan fingerprint density at radius 1 is 1.14 bits per heavy atom. The molecule has 1 amide bonds. The van der Waals surface area contributed by atoms with E-state index in [2.05, 4.69) is 0 Å². The van der Waals surface area contributed by atoms with Gasteiger partial charge in [0.1, 0.15) is 11.5 Å². The molecule has 0 saturated carbocycles. The van der Waals surface area contributed by atoms with Crippen LogP contribution in [0.5, 0.6) is 5.75 Å². The van der Waals surface area contributed by atoms with Crippen LogP contribution < -0.4 is 4.74 Å². The lowest BCUT2D eigenvalue weighted by Crippen LogP contribution is -2.30. The van der Waals surface area contributed by atoms with Crippen LogP contribution in [-0.2, 0) is 9.59 Å². The molecule has 2 aromatic carbocycles. The van der Waals surface area contributed by atoms with Gasteiger partial charge < -0.3 is 14.7 Å². The fourth-order valence-corrected chi connectivity index (χ4v) is 3.61. The summed E-state index contributed by atoms with van der Waals surface area (Å²) < 4.78 is 5.50. The molecule has 0 spiro atoms. The molecule has 0 radical (unpaired) electrons. The van der Waals surface area contributed by atoms with Gasteiger partial charge in [-0.15, -0.1) is 0 Å². The molecule has 0 aromatic heterocycles. The van der Waals surface area contributed by atoms with Crippen LogP contribution in [0.4, 0.5) is 0 Å². The first-order valence-corrected chi connectivity index (χ1v) is 10.1. The third kappa shape index (κ3) is 4.30. The van der Waals surface area contributed by atoms with Gasteiger partial charge in [-0.25, -0.2) is 0 Å². The molecule has 5 nitrogen and oxygen atoms in total. The fourth-order valence-electron chi connectivity index (χ4n) is 3.49. The van der Waals surface area contributed by atoms with Gasteiger partial charge >= 0.3 is 0 Å². The number of carbonyl (C=O) groups excluding carboxylic acids is 2. The zero-order valence-corrected chi connectivity index (χ0v) is 17.3. The summed E-state index contributed by atoms with van der Waals surface area (Å²) in [5, 5.41) is 11.6. The average molecular weight is 414 g/mol. The highest BCUT2D eigenvalue weighted by Gasteiger charge is 2.45. The zero-order chi connectivity index (χ0) is 21.0. The predicted molar refractivity (Wildman–Crippen MR) is 113 cm³/mol. The summed E-state index contributed by atoms with van der Waals surface area (Å²) in [5.74, 6) is -0.898. The molecule has 1 saturated heterocycles. The number of aliphatic hydroxyl groups excluding tert-OH is 1. The Hall–Kier alpha value is -2.79. The molecule has 0 aliphatic carbocycles. The molecule has 1 aliphatic rings. The highest BCUT2D eigenvalue weighted by Crippen LogP contribution is 2.40. The van der Waals surface area contributed by atoms with E-state index in [1.165, 1.54) is 4.90 Å². The van der Waals surface area contributed by atoms with Gasteiger partial charge in [0.15, 0.2) is 0 Å². The van der Waals surface area contributed by atoms with Gasteiger partial charge in [0, 0.05) is 17.1 Å². The number of ketones is 1. The van der Waals surface area contributed by atoms with Gasteiger partial charge in [-0.05, 0) is 43.2 Å². The number of aliphatic hydroxyl groups is 1. The number of unbranched alkanes of at least 4 members (excludes halogenated alkanes) is 1. The van der Waals surface area contributed by atoms with E-state index in [1.807, 2.05) is 13.8 Å². The predicted octanol–water partition coefficient (Wildman–Crippen LogP) is 4.96. The standard InChI is InChI=1S/C23H24ClNO4/c1-3-5-13-25-20(15-9-11-17(24)12-10-15)19(22(27)23(25)28)21(26)16-7-6-8-18(14-16)29-4-2/h6-12,14,20,26H,3-5,13H2,1-2H3/b21-19-. The molecule has 1 unspecified atom stereocenters. The molecule has 1 aliphatic heterocycles. The summed E-state index contributed by atoms with van der Waals surface area (Å²) in [5.41, 5.74) is 1.25. The number of hydrogen-bond acceptors (Lipinski definition) is 4. The maximum atomic E-state index is 12.9. The van der Waals surface area contributed by atoms with E-state index in [0.29, 0.717) is 29.5 Å². The minimum absolute atomic E-state index is 0.0853. The maximum absolute atomic E-state index is 12.9. The van der Waals surface area contributed by atoms with Crippen LogP contribution in [0.25, 0.3) is 5.76 Å². The van der Waals surface area contributed by atoms with Crippen molar-refractivity contribution in [3.05, 3.63) is 70.3 Å². The smallest absolute Gasteiger partial charge is 0.295 e. The van der Waals surface area contributed by atoms with Crippen LogP contribution >= 0.6 is 11.6 Å². The number of rotatable bonds is 7. The van der Waals surface area contributed by atoms with Gasteiger partial charge in [-0.1, -0.05) is 49.2 Å². The van der Waals surface area contributed by atoms with Crippen molar-refractivity contribution in [1.29, 1.82) is 0 Å². The summed E-state index contributed by atoms with van der Waals surface area (Å²) in [4.78, 5) is 27.2. The second-order valence-electron chi connectivity index (χ2n) is 6.86. The van der Waals surface area contributed by atoms with Crippen LogP contribution in [0.15, 0.2) is 54.1 Å². The summed E-state index contributed by atoms with van der Waals surface area (Å²) in [6, 6.07) is 13.2. The molecule has 1 atom stereocenters. The fraction of sp³-hybridized carbons (Fsp3) is 0.304. The molecule has 3 rings (SSSR count). The second kappa shape index (κ2) is 9.14. The Labute approximate surface area is 175 Å². The van der Waals surface area contributed by atoms with Crippen molar-refractivity contribution >= 4 is 29.1 Å². The lowest BCUT2D eigenvalue weighted by molar-refractivity contribution is -0.139. The first-order chi connectivity index (χ1) is 14.0. The van der Waals surface area contributed by atoms with Gasteiger partial charge in [0.05, 0.1) is 18.2 Å². The molecule has 0 bridgehead atoms. The number of benzene rings is 2. The minimum atomic E-state index is -0.680. The van der Waals surface area contributed by atoms with Crippen molar-refractivity contribution in [3.8, 4) is 5.75 Å². The van der Waals surface area contributed by atoms with E-state index in [1.54, 1.807) is 48.5 Å². The number of nitrogens with zero attached hydrogens (tertiary/aromatic N) is 1. The van der Waals surface area contributed by atoms with Gasteiger partial charge in [-0.3, -0.25) is 9.59 Å². The van der Waals surface area contributed by atoms with E-state index < -0.39 is 17.7 Å². The number of likely N-dealkylation sites (tertiary alicyclic amines) is 1. The molecule has 1 heterocycles. The van der Waals surface area contributed by atoms with Crippen molar-refractivity contribution in [2.24, 2.45) is 0 Å². The topological polar surface area (TPSA) is 66.8 Å². The van der Waals surface area contributed by atoms with Crippen LogP contribution in [0.3, 0.4) is 0 Å². The van der Waals surface area contributed by atoms with Crippen LogP contribution in [0.1, 0.15) is 43.9 Å². The summed E-state index contributed by atoms with van der Waals surface area (Å²) in [6.07, 6.45) is 1.64. The number of carbonyl (C=O) groups is 2. The first-order valence-electron chi connectivity index (χ1n) is 9.75. The monoisotopic (exact) mass is 413 g/mol. The van der Waals surface area contributed by atoms with Crippen LogP contribution in [-0.4, -0.2) is 34.8 Å². The maximum Gasteiger partial charge on any atom is 0.295 e. The van der Waals surface area contributed by atoms with Gasteiger partial charge in [0.25, 0.3) is 11.7 Å². The number of amides is 1. The summed E-state index contributed by atoms with van der Waals surface area (Å²) >= 11 is 6.01. The molecule has 6 heteroatoms. The molecule has 2 aromatic rings. The quantitative estimate of drug-likeness (QED) is 0.395. The van der Waals surface area contributed by atoms with E-state index in [0.717, 1.165) is 18.4 Å². The lowest BCUT2D eigenvalue weighted by atomic mass is 9.95. The van der Waals surface area contributed by atoms with E-state index in [9.17, 15) is 14.7 Å². The van der Waals surface area contributed by atoms with Crippen LogP contribution in [0, 0.1) is 0 Å². The average Bonchev–Trinajstić information content (AvgIpc) is 2.97. The Balaban J connectivity index is 2.13. The summed E-state index contributed by atoms with van der Waals surface area (Å²) in [6.45, 7) is 4.81. The van der Waals surface area contributed by atoms with E-state index in [4.69, 9.17) is 16.3 Å². The van der Waals surface area contributed by atoms with Crippen molar-refractivity contribution < 1.29 is 19.4 Å². The minimum Gasteiger partial charge on any atom is -0.507 e. The van der Waals surface area contributed by atoms with E-state index in [-0.39, 0.29) is 11.3 Å². The normalized spacial score (nSPS) is 18.3. The molecule has 152 valence electrons. The molecular weight excluding hydrogens is 390 g/mol. The SMILES string of the molecule is CCCCN1C(=O)C(=O)/C(=C(\O)c2cccc(OCC)c2)C1c1ccc(Cl)cc1. The highest BCUT2D eigenvalue weighted by atomic mass is 35.5. The third-order valence-corrected chi connectivity index (χ3v) is 5.15. The van der Waals surface area contributed by atoms with Gasteiger partial charge in [-0.2, -0.15) is 0 Å². The van der Waals surface area contributed by atoms with Crippen LogP contribution in [0.2, 0.25) is 5.02 Å². The Morgan fingerprint density at radius 3 is 2.52 bits per heavy atom. The number of halogens is 1. The lowest BCUT2D eigenvalue weighted by Gasteiger charge is -2.25. The number of Topliss-reactive ketones (excluding diaryl/α,β-unsaturated/α-hetero) is 1. The first kappa shape index (κ1) is 20.9. The van der Waals surface area contributed by atoms with E-state index >= 15 is 0 Å². The Bertz CT molecular complexity index is 936. The van der Waals surface area contributed by atoms with Gasteiger partial charge in [0.2, 0.25) is 0 Å². The molecule has 29 heavy (non-hydrogen) atoms. The molecule has 1 fully saturated rings. The largest absolute Gasteiger partial charge is 0.507 e. The number of ether oxygens (including phenoxy) is 1. The molecule has 1 N–H and O–H groups in total.